The average molecular weight is 1810 g/mol. The Labute approximate surface area is 781 Å². The molecule has 0 bridgehead atoms. The van der Waals surface area contributed by atoms with Crippen LogP contribution in [0.2, 0.25) is 0 Å². The van der Waals surface area contributed by atoms with E-state index in [4.69, 9.17) is 38.8 Å². The summed E-state index contributed by atoms with van der Waals surface area (Å²) in [6.07, 6.45) is 16.7. The van der Waals surface area contributed by atoms with Crippen molar-refractivity contribution >= 4 is 111 Å². The first-order valence-corrected chi connectivity index (χ1v) is 49.3. The van der Waals surface area contributed by atoms with Gasteiger partial charge in [0.1, 0.15) is 27.7 Å². The van der Waals surface area contributed by atoms with Crippen molar-refractivity contribution in [2.24, 2.45) is 0 Å². The van der Waals surface area contributed by atoms with Crippen LogP contribution in [0.15, 0.2) is 252 Å². The lowest BCUT2D eigenvalue weighted by molar-refractivity contribution is -0.131. The average Bonchev–Trinajstić information content (AvgIpc) is 1.73. The molecule has 6 fully saturated rings. The molecule has 131 heavy (non-hydrogen) atoms. The molecule has 14 heterocycles. The van der Waals surface area contributed by atoms with E-state index in [1.54, 1.807) is 47.4 Å². The molecule has 6 aliphatic rings. The first-order valence-electron chi connectivity index (χ1n) is 46.7. The maximum atomic E-state index is 13.7. The number of aromatic nitrogens is 8. The number of amides is 1. The smallest absolute Gasteiger partial charge is 0.226 e. The Kier molecular flexibility index (Phi) is 30.5. The van der Waals surface area contributed by atoms with Crippen LogP contribution in [0.1, 0.15) is 79.3 Å². The molecule has 15 aromatic rings. The van der Waals surface area contributed by atoms with Gasteiger partial charge in [-0.15, -0.1) is 34.0 Å². The van der Waals surface area contributed by atoms with Crippen LogP contribution in [0.3, 0.4) is 0 Å². The minimum atomic E-state index is -0.0692. The number of methoxy groups -OCH3 is 1. The molecule has 23 nitrogen and oxygen atoms in total. The Morgan fingerprint density at radius 2 is 0.908 bits per heavy atom. The van der Waals surface area contributed by atoms with E-state index in [1.807, 2.05) is 110 Å². The quantitative estimate of drug-likeness (QED) is 0.0622. The topological polar surface area (TPSA) is 187 Å². The standard InChI is InChI=1S/C32H45N7O3S.C25H26N4S.C24H24N4O.C24H24N4S/c1-35(15-16-36-11-3-4-12-36)29(40)23-27(26-24-43-32(34-26)39-19-21-42-22-20-39)37-13-6-14-38(18-17-37)31-28(41-2)9-8-25-7-5-10-33-30(25)31;1-19-15-21-9-5-10-26-24(21)23(16-19)29-12-6-11-28(13-14-29)17-22-18-30-25(27-22)20-7-3-2-4-8-20;2*1-2-7-20(8-3-1)24-26-21(18-29-24)17-27-13-6-14-28(16-15-27)22-11-4-9-19-10-5-12-25-23(19)22/h5,7-10,24,27H,3-4,6,11-23H2,1-2H3;2-5,7-10,15-16,18H,6,11-14,17H2,1H3;2*1-5,7-12,18H,6,13-17H2. The number of ether oxygens (including phenoxy) is 2. The van der Waals surface area contributed by atoms with E-state index in [0.717, 1.165) is 274 Å². The third-order valence-corrected chi connectivity index (χ3v) is 28.6. The molecule has 1 amide bonds. The highest BCUT2D eigenvalue weighted by atomic mass is 32.1. The number of oxazole rings is 1. The number of morpholine rings is 1. The lowest BCUT2D eigenvalue weighted by Crippen LogP contribution is -2.39. The molecule has 676 valence electrons. The molecular weight excluding hydrogens is 1690 g/mol. The first kappa shape index (κ1) is 89.9. The zero-order valence-electron chi connectivity index (χ0n) is 75.6. The number of carbonyl (C=O) groups excluding carboxylic acids is 1. The van der Waals surface area contributed by atoms with Crippen LogP contribution in [0.25, 0.3) is 76.2 Å². The number of carbonyl (C=O) groups is 1. The number of thiazole rings is 3. The van der Waals surface area contributed by atoms with Gasteiger partial charge in [-0.25, -0.2) is 19.9 Å². The van der Waals surface area contributed by atoms with Crippen LogP contribution < -0.4 is 29.2 Å². The van der Waals surface area contributed by atoms with Crippen LogP contribution in [-0.2, 0) is 29.2 Å². The third-order valence-electron chi connectivity index (χ3n) is 25.8. The number of anilines is 5. The van der Waals surface area contributed by atoms with Crippen LogP contribution in [0.4, 0.5) is 27.9 Å². The van der Waals surface area contributed by atoms with E-state index < -0.39 is 0 Å². The Balaban J connectivity index is 0.000000119. The normalized spacial score (nSPS) is 16.8. The fourth-order valence-electron chi connectivity index (χ4n) is 18.9. The maximum Gasteiger partial charge on any atom is 0.226 e. The molecule has 0 saturated carbocycles. The molecule has 26 heteroatoms. The van der Waals surface area contributed by atoms with E-state index in [0.29, 0.717) is 12.3 Å². The van der Waals surface area contributed by atoms with Gasteiger partial charge in [-0.1, -0.05) is 127 Å². The zero-order valence-corrected chi connectivity index (χ0v) is 78.1. The van der Waals surface area contributed by atoms with Gasteiger partial charge < -0.3 is 48.2 Å². The monoisotopic (exact) mass is 1810 g/mol. The molecule has 6 saturated heterocycles. The van der Waals surface area contributed by atoms with Crippen molar-refractivity contribution in [3.05, 3.63) is 276 Å². The molecule has 0 spiro atoms. The number of aryl methyl sites for hydroxylation is 1. The lowest BCUT2D eigenvalue weighted by Gasteiger charge is -2.31. The van der Waals surface area contributed by atoms with Crippen molar-refractivity contribution in [2.75, 3.05) is 196 Å². The summed E-state index contributed by atoms with van der Waals surface area (Å²) in [6.45, 7) is 28.0. The van der Waals surface area contributed by atoms with Gasteiger partial charge in [0, 0.05) is 243 Å². The number of rotatable bonds is 22. The predicted octanol–water partition coefficient (Wildman–Crippen LogP) is 18.8. The fraction of sp³-hybridized carbons (Fsp3) is 0.362. The third kappa shape index (κ3) is 23.1. The molecule has 0 N–H and O–H groups in total. The molecule has 0 radical (unpaired) electrons. The summed E-state index contributed by atoms with van der Waals surface area (Å²) in [4.78, 5) is 78.6. The van der Waals surface area contributed by atoms with Gasteiger partial charge >= 0.3 is 0 Å². The van der Waals surface area contributed by atoms with E-state index in [-0.39, 0.29) is 11.9 Å². The van der Waals surface area contributed by atoms with Crippen LogP contribution in [-0.4, -0.2) is 247 Å². The van der Waals surface area contributed by atoms with Gasteiger partial charge in [0.05, 0.1) is 88.3 Å². The Morgan fingerprint density at radius 3 is 1.48 bits per heavy atom. The molecule has 7 aromatic carbocycles. The van der Waals surface area contributed by atoms with E-state index in [9.17, 15) is 4.79 Å². The minimum absolute atomic E-state index is 0.0692. The fourth-order valence-corrected chi connectivity index (χ4v) is 21.4. The van der Waals surface area contributed by atoms with Crippen molar-refractivity contribution < 1.29 is 18.7 Å². The second-order valence-corrected chi connectivity index (χ2v) is 37.3. The summed E-state index contributed by atoms with van der Waals surface area (Å²) in [7, 11) is 3.69. The molecule has 6 aliphatic heterocycles. The molecule has 21 rings (SSSR count). The minimum Gasteiger partial charge on any atom is -0.494 e. The number of para-hydroxylation sites is 2. The van der Waals surface area contributed by atoms with Crippen molar-refractivity contribution in [2.45, 2.75) is 77.5 Å². The second-order valence-electron chi connectivity index (χ2n) is 34.8. The number of nitrogens with zero attached hydrogens (tertiary/aromatic N) is 19. The number of benzene rings is 7. The van der Waals surface area contributed by atoms with E-state index in [1.165, 1.54) is 74.1 Å². The SMILES string of the molecule is COc1ccc2cccnc2c1N1CCCN(C(CC(=O)N(C)CCN2CCCC2)c2csc(N3CCOCC3)n2)CC1.Cc1cc(N2CCCN(Cc3csc(-c4ccccc4)n3)CC2)c2ncccc2c1.c1ccc(-c2nc(CN3CCCN(c4cccc5cccnc45)CC3)co2)cc1.c1ccc(-c2nc(CN3CCCN(c4cccc5cccnc45)CC3)cs2)cc1. The van der Waals surface area contributed by atoms with Gasteiger partial charge in [0.2, 0.25) is 11.8 Å². The molecule has 1 atom stereocenters. The van der Waals surface area contributed by atoms with Crippen LogP contribution in [0.5, 0.6) is 5.75 Å². The summed E-state index contributed by atoms with van der Waals surface area (Å²) in [6, 6.07) is 69.0. The van der Waals surface area contributed by atoms with E-state index >= 15 is 0 Å². The summed E-state index contributed by atoms with van der Waals surface area (Å²) >= 11 is 5.16. The summed E-state index contributed by atoms with van der Waals surface area (Å²) in [5, 5.41) is 14.6. The van der Waals surface area contributed by atoms with Gasteiger partial charge in [-0.05, 0) is 137 Å². The first-order chi connectivity index (χ1) is 64.6. The highest BCUT2D eigenvalue weighted by Gasteiger charge is 2.33. The van der Waals surface area contributed by atoms with Gasteiger partial charge in [-0.3, -0.25) is 44.3 Å². The highest BCUT2D eigenvalue weighted by molar-refractivity contribution is 7.14. The summed E-state index contributed by atoms with van der Waals surface area (Å²) < 4.78 is 17.1. The second kappa shape index (κ2) is 44.5. The van der Waals surface area contributed by atoms with Gasteiger partial charge in [0.15, 0.2) is 5.13 Å². The van der Waals surface area contributed by atoms with Crippen LogP contribution in [0, 0.1) is 6.92 Å². The van der Waals surface area contributed by atoms with Gasteiger partial charge in [0.25, 0.3) is 0 Å². The predicted molar refractivity (Wildman–Crippen MR) is 536 cm³/mol. The number of hydrogen-bond acceptors (Lipinski definition) is 25. The van der Waals surface area contributed by atoms with Crippen molar-refractivity contribution in [1.29, 1.82) is 0 Å². The Bertz CT molecular complexity index is 5980. The Hall–Kier alpha value is -11.7. The largest absolute Gasteiger partial charge is 0.494 e. The number of likely N-dealkylation sites (tertiary alicyclic amines) is 1. The van der Waals surface area contributed by atoms with E-state index in [2.05, 4.69) is 214 Å². The van der Waals surface area contributed by atoms with Crippen LogP contribution >= 0.6 is 34.0 Å². The van der Waals surface area contributed by atoms with Crippen molar-refractivity contribution in [1.82, 2.24) is 69.3 Å². The summed E-state index contributed by atoms with van der Waals surface area (Å²) in [5.74, 6) is 1.73. The Morgan fingerprint density at radius 1 is 0.420 bits per heavy atom. The number of fused-ring (bicyclic) bond motifs is 4. The maximum absolute atomic E-state index is 13.7. The summed E-state index contributed by atoms with van der Waals surface area (Å²) in [5.41, 5.74) is 18.2. The number of pyridine rings is 4. The highest BCUT2D eigenvalue weighted by Crippen LogP contribution is 2.39. The molecule has 0 aliphatic carbocycles. The van der Waals surface area contributed by atoms with Crippen molar-refractivity contribution in [3.63, 3.8) is 0 Å². The van der Waals surface area contributed by atoms with Crippen molar-refractivity contribution in [3.8, 4) is 38.3 Å². The molecular formula is C105H119N19O4S3. The lowest BCUT2D eigenvalue weighted by atomic mass is 10.1. The zero-order chi connectivity index (χ0) is 88.9. The molecule has 8 aromatic heterocycles. The molecule has 1 unspecified atom stereocenters. The number of hydrogen-bond donors (Lipinski definition) is 0. The number of likely N-dealkylation sites (N-methyl/N-ethyl adjacent to an activating group) is 1. The van der Waals surface area contributed by atoms with Gasteiger partial charge in [-0.2, -0.15) is 0 Å².